The molecule has 1 aliphatic carbocycles. The fourth-order valence-electron chi connectivity index (χ4n) is 3.72. The normalized spacial score (nSPS) is 14.2. The number of hydrogen-bond donors (Lipinski definition) is 0. The molecular formula is C25H27N. The summed E-state index contributed by atoms with van der Waals surface area (Å²) in [6.45, 7) is 9.48. The van der Waals surface area contributed by atoms with Gasteiger partial charge in [0.05, 0.1) is 6.54 Å². The maximum atomic E-state index is 4.13. The van der Waals surface area contributed by atoms with Gasteiger partial charge < -0.3 is 0 Å². The van der Waals surface area contributed by atoms with Crippen molar-refractivity contribution in [2.45, 2.75) is 39.7 Å². The summed E-state index contributed by atoms with van der Waals surface area (Å²) in [4.78, 5) is 4.13. The van der Waals surface area contributed by atoms with Gasteiger partial charge in [0.1, 0.15) is 0 Å². The third-order valence-corrected chi connectivity index (χ3v) is 5.04. The van der Waals surface area contributed by atoms with E-state index in [9.17, 15) is 0 Å². The Bertz CT molecular complexity index is 871. The van der Waals surface area contributed by atoms with Gasteiger partial charge in [0, 0.05) is 11.6 Å². The van der Waals surface area contributed by atoms with Crippen LogP contribution in [0.4, 0.5) is 0 Å². The highest BCUT2D eigenvalue weighted by molar-refractivity contribution is 5.84. The molecule has 1 heteroatoms. The molecule has 0 radical (unpaired) electrons. The minimum absolute atomic E-state index is 0.160. The molecule has 0 amide bonds. The second-order valence-corrected chi connectivity index (χ2v) is 6.88. The van der Waals surface area contributed by atoms with Crippen LogP contribution in [0, 0.1) is 0 Å². The second-order valence-electron chi connectivity index (χ2n) is 6.88. The van der Waals surface area contributed by atoms with Crippen LogP contribution >= 0.6 is 0 Å². The van der Waals surface area contributed by atoms with Gasteiger partial charge in [-0.25, -0.2) is 0 Å². The maximum absolute atomic E-state index is 4.13. The van der Waals surface area contributed by atoms with Crippen LogP contribution in [0.5, 0.6) is 0 Å². The van der Waals surface area contributed by atoms with Gasteiger partial charge in [-0.1, -0.05) is 100 Å². The Kier molecular flexibility index (Phi) is 5.37. The predicted molar refractivity (Wildman–Crippen MR) is 113 cm³/mol. The number of rotatable bonds is 0. The van der Waals surface area contributed by atoms with Crippen molar-refractivity contribution in [1.29, 1.82) is 0 Å². The van der Waals surface area contributed by atoms with E-state index in [-0.39, 0.29) is 5.41 Å². The van der Waals surface area contributed by atoms with Crippen LogP contribution in [-0.2, 0) is 12.0 Å². The molecule has 0 aromatic heterocycles. The molecule has 1 nitrogen and oxygen atoms in total. The first-order valence-electron chi connectivity index (χ1n) is 9.45. The minimum atomic E-state index is 0.160. The quantitative estimate of drug-likeness (QED) is 0.435. The molecule has 1 aliphatic heterocycles. The van der Waals surface area contributed by atoms with Crippen LogP contribution in [0.3, 0.4) is 0 Å². The van der Waals surface area contributed by atoms with Gasteiger partial charge in [-0.3, -0.25) is 4.99 Å². The lowest BCUT2D eigenvalue weighted by Crippen LogP contribution is -2.14. The van der Waals surface area contributed by atoms with E-state index in [0.717, 1.165) is 6.54 Å². The van der Waals surface area contributed by atoms with Gasteiger partial charge in [0.25, 0.3) is 0 Å². The molecule has 0 saturated carbocycles. The molecular weight excluding hydrogens is 314 g/mol. The molecule has 3 aromatic carbocycles. The molecule has 1 heterocycles. The highest BCUT2D eigenvalue weighted by Crippen LogP contribution is 2.47. The van der Waals surface area contributed by atoms with Gasteiger partial charge >= 0.3 is 0 Å². The van der Waals surface area contributed by atoms with Crippen molar-refractivity contribution in [3.63, 3.8) is 0 Å². The Morgan fingerprint density at radius 2 is 1.19 bits per heavy atom. The molecule has 0 atom stereocenters. The van der Waals surface area contributed by atoms with Crippen molar-refractivity contribution in [2.75, 3.05) is 0 Å². The van der Waals surface area contributed by atoms with E-state index >= 15 is 0 Å². The first-order valence-corrected chi connectivity index (χ1v) is 9.45. The average molecular weight is 341 g/mol. The molecule has 2 aliphatic rings. The van der Waals surface area contributed by atoms with Crippen LogP contribution in [0.2, 0.25) is 0 Å². The van der Waals surface area contributed by atoms with Gasteiger partial charge in [-0.05, 0) is 33.4 Å². The summed E-state index contributed by atoms with van der Waals surface area (Å²) in [6.07, 6.45) is 1.93. The smallest absolute Gasteiger partial charge is 0.0646 e. The molecule has 132 valence electrons. The molecule has 0 N–H and O–H groups in total. The summed E-state index contributed by atoms with van der Waals surface area (Å²) < 4.78 is 0. The van der Waals surface area contributed by atoms with Crippen molar-refractivity contribution >= 4 is 6.21 Å². The van der Waals surface area contributed by atoms with Crippen LogP contribution in [0.25, 0.3) is 11.1 Å². The van der Waals surface area contributed by atoms with Crippen LogP contribution in [-0.4, -0.2) is 6.21 Å². The molecule has 3 aromatic rings. The standard InChI is InChI=1S/C15H14.C8H7N.C2H6/c1-15(2)13-9-5-3-7-11(13)12-8-4-6-10-14(12)15;1-2-4-8-6-9-5-7(8)3-1;1-2/h3-10H,1-2H3;1-5H,6H2;1-2H3. The van der Waals surface area contributed by atoms with E-state index in [2.05, 4.69) is 79.5 Å². The first kappa shape index (κ1) is 18.1. The summed E-state index contributed by atoms with van der Waals surface area (Å²) >= 11 is 0. The Labute approximate surface area is 157 Å². The third kappa shape index (κ3) is 3.22. The van der Waals surface area contributed by atoms with E-state index in [1.807, 2.05) is 32.2 Å². The average Bonchev–Trinajstić information content (AvgIpc) is 3.26. The van der Waals surface area contributed by atoms with E-state index in [1.54, 1.807) is 0 Å². The van der Waals surface area contributed by atoms with E-state index in [0.29, 0.717) is 0 Å². The van der Waals surface area contributed by atoms with Gasteiger partial charge in [0.15, 0.2) is 0 Å². The van der Waals surface area contributed by atoms with Crippen molar-refractivity contribution in [1.82, 2.24) is 0 Å². The molecule has 0 spiro atoms. The summed E-state index contributed by atoms with van der Waals surface area (Å²) in [5.74, 6) is 0. The van der Waals surface area contributed by atoms with Gasteiger partial charge in [0.2, 0.25) is 0 Å². The van der Waals surface area contributed by atoms with E-state index < -0.39 is 0 Å². The summed E-state index contributed by atoms with van der Waals surface area (Å²) in [5, 5.41) is 0. The fourth-order valence-corrected chi connectivity index (χ4v) is 3.72. The zero-order valence-electron chi connectivity index (χ0n) is 16.2. The van der Waals surface area contributed by atoms with E-state index in [4.69, 9.17) is 0 Å². The second kappa shape index (κ2) is 7.70. The molecule has 26 heavy (non-hydrogen) atoms. The predicted octanol–water partition coefficient (Wildman–Crippen LogP) is 6.64. The Hall–Kier alpha value is -2.67. The van der Waals surface area contributed by atoms with Crippen molar-refractivity contribution in [2.24, 2.45) is 4.99 Å². The molecule has 5 rings (SSSR count). The Morgan fingerprint density at radius 3 is 1.77 bits per heavy atom. The highest BCUT2D eigenvalue weighted by atomic mass is 14.7. The lowest BCUT2D eigenvalue weighted by Gasteiger charge is -2.20. The molecule has 0 saturated heterocycles. The lowest BCUT2D eigenvalue weighted by molar-refractivity contribution is 0.660. The van der Waals surface area contributed by atoms with Crippen LogP contribution in [0.1, 0.15) is 49.9 Å². The number of hydrogen-bond acceptors (Lipinski definition) is 1. The summed E-state index contributed by atoms with van der Waals surface area (Å²) in [7, 11) is 0. The van der Waals surface area contributed by atoms with Crippen LogP contribution in [0.15, 0.2) is 77.8 Å². The number of aliphatic imine (C=N–C) groups is 1. The lowest BCUT2D eigenvalue weighted by atomic mass is 9.82. The Morgan fingerprint density at radius 1 is 0.692 bits per heavy atom. The Balaban J connectivity index is 0.000000152. The minimum Gasteiger partial charge on any atom is -0.288 e. The fraction of sp³-hybridized carbons (Fsp3) is 0.240. The molecule has 0 bridgehead atoms. The number of fused-ring (bicyclic) bond motifs is 4. The molecule has 0 unspecified atom stereocenters. The van der Waals surface area contributed by atoms with Gasteiger partial charge in [-0.2, -0.15) is 0 Å². The number of nitrogens with zero attached hydrogens (tertiary/aromatic N) is 1. The third-order valence-electron chi connectivity index (χ3n) is 5.04. The molecule has 0 fully saturated rings. The highest BCUT2D eigenvalue weighted by Gasteiger charge is 2.34. The van der Waals surface area contributed by atoms with Crippen LogP contribution < -0.4 is 0 Å². The van der Waals surface area contributed by atoms with Gasteiger partial charge in [-0.15, -0.1) is 0 Å². The van der Waals surface area contributed by atoms with Crippen molar-refractivity contribution in [3.05, 3.63) is 95.1 Å². The largest absolute Gasteiger partial charge is 0.288 e. The monoisotopic (exact) mass is 341 g/mol. The summed E-state index contributed by atoms with van der Waals surface area (Å²) in [5.41, 5.74) is 8.48. The maximum Gasteiger partial charge on any atom is 0.0646 e. The zero-order chi connectivity index (χ0) is 18.6. The van der Waals surface area contributed by atoms with E-state index in [1.165, 1.54) is 33.4 Å². The van der Waals surface area contributed by atoms with Crippen molar-refractivity contribution in [3.8, 4) is 11.1 Å². The zero-order valence-corrected chi connectivity index (χ0v) is 16.2. The first-order chi connectivity index (χ1) is 12.7. The SMILES string of the molecule is C1=NCc2ccccc21.CC.CC1(C)c2ccccc2-c2ccccc21. The number of benzene rings is 3. The summed E-state index contributed by atoms with van der Waals surface area (Å²) in [6, 6.07) is 25.7. The topological polar surface area (TPSA) is 12.4 Å². The van der Waals surface area contributed by atoms with Crippen molar-refractivity contribution < 1.29 is 0 Å².